The summed E-state index contributed by atoms with van der Waals surface area (Å²) in [6, 6.07) is 21.3. The fraction of sp³-hybridized carbons (Fsp3) is 0.167. The Morgan fingerprint density at radius 3 is 2.23 bits per heavy atom. The summed E-state index contributed by atoms with van der Waals surface area (Å²) in [7, 11) is 0. The summed E-state index contributed by atoms with van der Waals surface area (Å²) >= 11 is 12.8. The van der Waals surface area contributed by atoms with E-state index in [0.717, 1.165) is 11.3 Å². The lowest BCUT2D eigenvalue weighted by atomic mass is 9.90. The third-order valence-corrected chi connectivity index (χ3v) is 6.58. The van der Waals surface area contributed by atoms with Gasteiger partial charge in [0.2, 0.25) is 5.91 Å². The number of hydroxylamine groups is 1. The molecule has 3 aromatic rings. The number of hydrogen-bond acceptors (Lipinski definition) is 4. The minimum Gasteiger partial charge on any atom is -0.273 e. The van der Waals surface area contributed by atoms with Gasteiger partial charge < -0.3 is 0 Å². The molecule has 2 aliphatic heterocycles. The Morgan fingerprint density at radius 1 is 0.806 bits per heavy atom. The molecule has 3 atom stereocenters. The molecule has 0 spiro atoms. The number of imide groups is 1. The lowest BCUT2D eigenvalue weighted by Gasteiger charge is -2.29. The van der Waals surface area contributed by atoms with Gasteiger partial charge in [-0.25, -0.2) is 9.96 Å². The number of benzene rings is 3. The molecule has 2 saturated heterocycles. The van der Waals surface area contributed by atoms with Crippen molar-refractivity contribution in [2.24, 2.45) is 5.92 Å². The van der Waals surface area contributed by atoms with Gasteiger partial charge in [-0.1, -0.05) is 65.7 Å². The van der Waals surface area contributed by atoms with Crippen molar-refractivity contribution in [3.63, 3.8) is 0 Å². The van der Waals surface area contributed by atoms with Gasteiger partial charge in [0, 0.05) is 10.0 Å². The predicted octanol–water partition coefficient (Wildman–Crippen LogP) is 5.35. The molecule has 5 rings (SSSR count). The van der Waals surface area contributed by atoms with Crippen LogP contribution in [-0.4, -0.2) is 17.9 Å². The first kappa shape index (κ1) is 20.1. The Balaban J connectivity index is 1.63. The maximum Gasteiger partial charge on any atom is 0.266 e. The zero-order chi connectivity index (χ0) is 21.7. The molecule has 2 fully saturated rings. The van der Waals surface area contributed by atoms with Crippen LogP contribution in [-0.2, 0) is 14.4 Å². The average molecular weight is 453 g/mol. The number of fused-ring (bicyclic) bond motifs is 1. The van der Waals surface area contributed by atoms with E-state index in [1.54, 1.807) is 36.3 Å². The van der Waals surface area contributed by atoms with E-state index in [-0.39, 0.29) is 5.91 Å². The average Bonchev–Trinajstić information content (AvgIpc) is 3.28. The summed E-state index contributed by atoms with van der Waals surface area (Å²) in [6.07, 6.45) is -0.952. The largest absolute Gasteiger partial charge is 0.273 e. The first-order valence-electron chi connectivity index (χ1n) is 9.87. The molecule has 0 aliphatic carbocycles. The van der Waals surface area contributed by atoms with Crippen molar-refractivity contribution in [1.82, 2.24) is 0 Å². The van der Waals surface area contributed by atoms with Gasteiger partial charge in [0.15, 0.2) is 6.10 Å². The predicted molar refractivity (Wildman–Crippen MR) is 120 cm³/mol. The van der Waals surface area contributed by atoms with E-state index in [0.29, 0.717) is 21.3 Å². The number of carbonyl (C=O) groups excluding carboxylic acids is 2. The molecule has 2 aliphatic rings. The van der Waals surface area contributed by atoms with E-state index < -0.39 is 24.0 Å². The molecule has 156 valence electrons. The second kappa shape index (κ2) is 7.68. The lowest BCUT2D eigenvalue weighted by Crippen LogP contribution is -2.37. The highest BCUT2D eigenvalue weighted by Crippen LogP contribution is 2.49. The fourth-order valence-corrected chi connectivity index (χ4v) is 4.74. The molecule has 0 N–H and O–H groups in total. The second-order valence-electron chi connectivity index (χ2n) is 7.58. The van der Waals surface area contributed by atoms with Crippen LogP contribution >= 0.6 is 23.2 Å². The fourth-order valence-electron chi connectivity index (χ4n) is 4.32. The number of amides is 2. The van der Waals surface area contributed by atoms with Crippen LogP contribution < -0.4 is 9.96 Å². The van der Waals surface area contributed by atoms with Crippen LogP contribution in [0.1, 0.15) is 17.2 Å². The molecule has 5 nitrogen and oxygen atoms in total. The lowest BCUT2D eigenvalue weighted by molar-refractivity contribution is -0.126. The van der Waals surface area contributed by atoms with Crippen molar-refractivity contribution in [1.29, 1.82) is 0 Å². The van der Waals surface area contributed by atoms with Crippen LogP contribution in [0.5, 0.6) is 0 Å². The summed E-state index contributed by atoms with van der Waals surface area (Å²) in [5.74, 6) is -1.48. The monoisotopic (exact) mass is 452 g/mol. The molecule has 0 radical (unpaired) electrons. The van der Waals surface area contributed by atoms with Crippen molar-refractivity contribution in [2.75, 3.05) is 9.96 Å². The molecule has 2 amide bonds. The third-order valence-electron chi connectivity index (χ3n) is 5.83. The summed E-state index contributed by atoms with van der Waals surface area (Å²) in [5.41, 5.74) is 2.61. The van der Waals surface area contributed by atoms with Crippen molar-refractivity contribution in [3.8, 4) is 0 Å². The first-order chi connectivity index (χ1) is 15.0. The highest BCUT2D eigenvalue weighted by Gasteiger charge is 2.60. The van der Waals surface area contributed by atoms with Crippen molar-refractivity contribution >= 4 is 46.4 Å². The van der Waals surface area contributed by atoms with E-state index in [1.807, 2.05) is 48.5 Å². The molecule has 3 aromatic carbocycles. The molecular weight excluding hydrogens is 435 g/mol. The Bertz CT molecular complexity index is 1180. The molecule has 7 heteroatoms. The summed E-state index contributed by atoms with van der Waals surface area (Å²) in [6.45, 7) is 1.79. The molecule has 0 bridgehead atoms. The van der Waals surface area contributed by atoms with Gasteiger partial charge in [0.25, 0.3) is 5.91 Å². The van der Waals surface area contributed by atoms with Gasteiger partial charge >= 0.3 is 0 Å². The number of halogens is 2. The zero-order valence-corrected chi connectivity index (χ0v) is 18.0. The standard InChI is InChI=1S/C24H18Cl2N2O3/c1-14-17(25)12-7-13-19(14)27-23(29)20-21(16-10-5-6-11-18(16)26)28(31-22(20)24(27)30)15-8-3-2-4-9-15/h2-13,20-22H,1H3/t20-,21-,22-/m0/s1. The minimum absolute atomic E-state index is 0.330. The highest BCUT2D eigenvalue weighted by molar-refractivity contribution is 6.33. The molecular formula is C24H18Cl2N2O3. The Morgan fingerprint density at radius 2 is 1.48 bits per heavy atom. The van der Waals surface area contributed by atoms with E-state index in [4.69, 9.17) is 28.0 Å². The van der Waals surface area contributed by atoms with Gasteiger partial charge in [-0.3, -0.25) is 14.4 Å². The Hall–Kier alpha value is -2.86. The first-order valence-corrected chi connectivity index (χ1v) is 10.6. The number of nitrogens with zero attached hydrogens (tertiary/aromatic N) is 2. The number of rotatable bonds is 3. The Kier molecular flexibility index (Phi) is 4.97. The summed E-state index contributed by atoms with van der Waals surface area (Å²) in [5, 5.41) is 2.63. The maximum atomic E-state index is 13.6. The zero-order valence-electron chi connectivity index (χ0n) is 16.5. The maximum absolute atomic E-state index is 13.6. The van der Waals surface area contributed by atoms with Gasteiger partial charge in [0.05, 0.1) is 17.4 Å². The SMILES string of the molecule is Cc1c(Cl)cccc1N1C(=O)[C@@H]2[C@H](ON(c3ccccc3)[C@H]2c2ccccc2Cl)C1=O. The van der Waals surface area contributed by atoms with Crippen molar-refractivity contribution in [2.45, 2.75) is 19.1 Å². The molecule has 0 unspecified atom stereocenters. The third kappa shape index (κ3) is 3.12. The quantitative estimate of drug-likeness (QED) is 0.502. The van der Waals surface area contributed by atoms with Gasteiger partial charge in [-0.05, 0) is 48.4 Å². The van der Waals surface area contributed by atoms with E-state index in [9.17, 15) is 9.59 Å². The van der Waals surface area contributed by atoms with E-state index in [2.05, 4.69) is 0 Å². The number of anilines is 2. The second-order valence-corrected chi connectivity index (χ2v) is 8.39. The minimum atomic E-state index is -0.952. The van der Waals surface area contributed by atoms with Crippen LogP contribution in [0.15, 0.2) is 72.8 Å². The van der Waals surface area contributed by atoms with E-state index >= 15 is 0 Å². The van der Waals surface area contributed by atoms with Crippen LogP contribution in [0.25, 0.3) is 0 Å². The van der Waals surface area contributed by atoms with Gasteiger partial charge in [0.1, 0.15) is 5.92 Å². The summed E-state index contributed by atoms with van der Waals surface area (Å²) in [4.78, 5) is 34.3. The molecule has 2 heterocycles. The molecule has 0 saturated carbocycles. The van der Waals surface area contributed by atoms with Crippen molar-refractivity contribution < 1.29 is 14.4 Å². The van der Waals surface area contributed by atoms with Crippen LogP contribution in [0.2, 0.25) is 10.0 Å². The Labute approximate surface area is 189 Å². The number of para-hydroxylation sites is 1. The number of hydrogen-bond donors (Lipinski definition) is 0. The van der Waals surface area contributed by atoms with Crippen molar-refractivity contribution in [3.05, 3.63) is 94.0 Å². The number of carbonyl (C=O) groups is 2. The van der Waals surface area contributed by atoms with Crippen LogP contribution in [0.3, 0.4) is 0 Å². The van der Waals surface area contributed by atoms with Gasteiger partial charge in [-0.15, -0.1) is 0 Å². The van der Waals surface area contributed by atoms with Gasteiger partial charge in [-0.2, -0.15) is 0 Å². The van der Waals surface area contributed by atoms with Crippen LogP contribution in [0.4, 0.5) is 11.4 Å². The molecule has 0 aromatic heterocycles. The normalized spacial score (nSPS) is 22.9. The van der Waals surface area contributed by atoms with Crippen LogP contribution in [0, 0.1) is 12.8 Å². The highest BCUT2D eigenvalue weighted by atomic mass is 35.5. The summed E-state index contributed by atoms with van der Waals surface area (Å²) < 4.78 is 0. The topological polar surface area (TPSA) is 49.9 Å². The van der Waals surface area contributed by atoms with E-state index in [1.165, 1.54) is 4.90 Å². The smallest absolute Gasteiger partial charge is 0.266 e. The molecule has 31 heavy (non-hydrogen) atoms.